The molecule has 0 aliphatic carbocycles. The SMILES string of the molecule is Cc1ccc(S(=O)(=O)NCCc2nc(-c3ccccc3F)oc2C)cc1C. The number of aryl methyl sites for hydroxylation is 3. The fraction of sp³-hybridized carbons (Fsp3) is 0.250. The Morgan fingerprint density at radius 3 is 2.52 bits per heavy atom. The fourth-order valence-corrected chi connectivity index (χ4v) is 3.79. The average molecular weight is 388 g/mol. The molecule has 0 aliphatic heterocycles. The van der Waals surface area contributed by atoms with Crippen molar-refractivity contribution in [1.29, 1.82) is 0 Å². The zero-order chi connectivity index (χ0) is 19.6. The number of rotatable bonds is 6. The molecular formula is C20H21FN2O3S. The second-order valence-electron chi connectivity index (χ2n) is 6.40. The first-order valence-corrected chi connectivity index (χ1v) is 10.0. The molecule has 0 saturated heterocycles. The standard InChI is InChI=1S/C20H21FN2O3S/c1-13-8-9-16(12-14(13)2)27(24,25)22-11-10-19-15(3)26-20(23-19)17-6-4-5-7-18(17)21/h4-9,12,22H,10-11H2,1-3H3. The highest BCUT2D eigenvalue weighted by Gasteiger charge is 2.17. The van der Waals surface area contributed by atoms with Crippen LogP contribution < -0.4 is 4.72 Å². The minimum atomic E-state index is -3.60. The first-order valence-electron chi connectivity index (χ1n) is 8.56. The van der Waals surface area contributed by atoms with Gasteiger partial charge in [-0.2, -0.15) is 0 Å². The number of oxazole rings is 1. The Hall–Kier alpha value is -2.51. The first-order chi connectivity index (χ1) is 12.8. The van der Waals surface area contributed by atoms with Crippen molar-refractivity contribution in [1.82, 2.24) is 9.71 Å². The molecule has 3 rings (SSSR count). The second kappa shape index (κ2) is 7.62. The van der Waals surface area contributed by atoms with Gasteiger partial charge in [-0.3, -0.25) is 0 Å². The summed E-state index contributed by atoms with van der Waals surface area (Å²) in [6.07, 6.45) is 0.341. The van der Waals surface area contributed by atoms with E-state index < -0.39 is 15.8 Å². The van der Waals surface area contributed by atoms with Crippen LogP contribution in [0.2, 0.25) is 0 Å². The Balaban J connectivity index is 1.70. The van der Waals surface area contributed by atoms with Crippen molar-refractivity contribution in [2.45, 2.75) is 32.1 Å². The molecule has 0 saturated carbocycles. The first kappa shape index (κ1) is 19.3. The molecule has 3 aromatic rings. The van der Waals surface area contributed by atoms with Crippen molar-refractivity contribution in [3.8, 4) is 11.5 Å². The molecule has 0 atom stereocenters. The van der Waals surface area contributed by atoms with Gasteiger partial charge in [0.05, 0.1) is 16.2 Å². The summed E-state index contributed by atoms with van der Waals surface area (Å²) in [4.78, 5) is 4.55. The molecule has 0 radical (unpaired) electrons. The maximum Gasteiger partial charge on any atom is 0.240 e. The van der Waals surface area contributed by atoms with E-state index in [1.807, 2.05) is 13.8 Å². The number of hydrogen-bond donors (Lipinski definition) is 1. The lowest BCUT2D eigenvalue weighted by molar-refractivity contribution is 0.531. The largest absolute Gasteiger partial charge is 0.441 e. The van der Waals surface area contributed by atoms with Gasteiger partial charge < -0.3 is 4.42 Å². The molecule has 5 nitrogen and oxygen atoms in total. The van der Waals surface area contributed by atoms with E-state index in [0.29, 0.717) is 17.9 Å². The van der Waals surface area contributed by atoms with Gasteiger partial charge >= 0.3 is 0 Å². The zero-order valence-corrected chi connectivity index (χ0v) is 16.2. The molecule has 1 heterocycles. The predicted molar refractivity (Wildman–Crippen MR) is 101 cm³/mol. The molecule has 7 heteroatoms. The van der Waals surface area contributed by atoms with Gasteiger partial charge in [0.15, 0.2) is 0 Å². The second-order valence-corrected chi connectivity index (χ2v) is 8.16. The summed E-state index contributed by atoms with van der Waals surface area (Å²) in [6.45, 7) is 5.70. The molecule has 0 aliphatic rings. The lowest BCUT2D eigenvalue weighted by atomic mass is 10.1. The van der Waals surface area contributed by atoms with Crippen molar-refractivity contribution < 1.29 is 17.2 Å². The number of hydrogen-bond acceptors (Lipinski definition) is 4. The lowest BCUT2D eigenvalue weighted by Crippen LogP contribution is -2.26. The minimum Gasteiger partial charge on any atom is -0.441 e. The number of nitrogens with one attached hydrogen (secondary N) is 1. The molecule has 2 aromatic carbocycles. The third-order valence-corrected chi connectivity index (χ3v) is 5.90. The summed E-state index contributed by atoms with van der Waals surface area (Å²) in [7, 11) is -3.60. The van der Waals surface area contributed by atoms with E-state index >= 15 is 0 Å². The van der Waals surface area contributed by atoms with E-state index in [1.165, 1.54) is 6.07 Å². The minimum absolute atomic E-state index is 0.166. The molecule has 1 aromatic heterocycles. The van der Waals surface area contributed by atoms with Crippen LogP contribution in [0.4, 0.5) is 4.39 Å². The summed E-state index contributed by atoms with van der Waals surface area (Å²) in [5.41, 5.74) is 2.83. The molecule has 27 heavy (non-hydrogen) atoms. The van der Waals surface area contributed by atoms with E-state index in [0.717, 1.165) is 11.1 Å². The maximum atomic E-state index is 13.9. The van der Waals surface area contributed by atoms with Crippen LogP contribution in [-0.2, 0) is 16.4 Å². The Bertz CT molecular complexity index is 1070. The normalized spacial score (nSPS) is 11.7. The maximum absolute atomic E-state index is 13.9. The third-order valence-electron chi connectivity index (χ3n) is 4.44. The summed E-state index contributed by atoms with van der Waals surface area (Å²) in [6, 6.07) is 11.2. The molecule has 0 fully saturated rings. The van der Waals surface area contributed by atoms with Crippen molar-refractivity contribution in [2.75, 3.05) is 6.54 Å². The molecule has 0 spiro atoms. The molecule has 142 valence electrons. The highest BCUT2D eigenvalue weighted by atomic mass is 32.2. The molecule has 1 N–H and O–H groups in total. The van der Waals surface area contributed by atoms with Crippen LogP contribution in [0.25, 0.3) is 11.5 Å². The van der Waals surface area contributed by atoms with E-state index in [2.05, 4.69) is 9.71 Å². The van der Waals surface area contributed by atoms with Gasteiger partial charge in [0.1, 0.15) is 11.6 Å². The van der Waals surface area contributed by atoms with Crippen LogP contribution in [0.15, 0.2) is 51.8 Å². The number of sulfonamides is 1. The Labute approximate surface area is 158 Å². The van der Waals surface area contributed by atoms with Crippen LogP contribution >= 0.6 is 0 Å². The quantitative estimate of drug-likeness (QED) is 0.695. The highest BCUT2D eigenvalue weighted by Crippen LogP contribution is 2.24. The van der Waals surface area contributed by atoms with Gasteiger partial charge in [-0.1, -0.05) is 18.2 Å². The molecule has 0 amide bonds. The van der Waals surface area contributed by atoms with E-state index in [4.69, 9.17) is 4.42 Å². The fourth-order valence-electron chi connectivity index (χ4n) is 2.68. The zero-order valence-electron chi connectivity index (χ0n) is 15.4. The van der Waals surface area contributed by atoms with Crippen LogP contribution in [0, 0.1) is 26.6 Å². The topological polar surface area (TPSA) is 72.2 Å². The van der Waals surface area contributed by atoms with Gasteiger partial charge in [-0.25, -0.2) is 22.5 Å². The van der Waals surface area contributed by atoms with Crippen molar-refractivity contribution >= 4 is 10.0 Å². The third kappa shape index (κ3) is 4.26. The number of halogens is 1. The van der Waals surface area contributed by atoms with Crippen LogP contribution in [0.5, 0.6) is 0 Å². The summed E-state index contributed by atoms with van der Waals surface area (Å²) < 4.78 is 46.9. The average Bonchev–Trinajstić information content (AvgIpc) is 2.98. The molecular weight excluding hydrogens is 367 g/mol. The van der Waals surface area contributed by atoms with Crippen molar-refractivity contribution in [3.63, 3.8) is 0 Å². The Morgan fingerprint density at radius 2 is 1.81 bits per heavy atom. The van der Waals surface area contributed by atoms with Crippen LogP contribution in [-0.4, -0.2) is 19.9 Å². The van der Waals surface area contributed by atoms with Crippen molar-refractivity contribution in [2.24, 2.45) is 0 Å². The van der Waals surface area contributed by atoms with Gasteiger partial charge in [0.25, 0.3) is 0 Å². The lowest BCUT2D eigenvalue weighted by Gasteiger charge is -2.08. The molecule has 0 unspecified atom stereocenters. The molecule has 0 bridgehead atoms. The van der Waals surface area contributed by atoms with Gasteiger partial charge in [-0.15, -0.1) is 0 Å². The Morgan fingerprint density at radius 1 is 1.07 bits per heavy atom. The monoisotopic (exact) mass is 388 g/mol. The number of benzene rings is 2. The summed E-state index contributed by atoms with van der Waals surface area (Å²) in [5, 5.41) is 0. The van der Waals surface area contributed by atoms with Gasteiger partial charge in [0, 0.05) is 13.0 Å². The summed E-state index contributed by atoms with van der Waals surface area (Å²) in [5.74, 6) is 0.317. The van der Waals surface area contributed by atoms with Gasteiger partial charge in [0.2, 0.25) is 15.9 Å². The number of aromatic nitrogens is 1. The smallest absolute Gasteiger partial charge is 0.240 e. The van der Waals surface area contributed by atoms with Gasteiger partial charge in [-0.05, 0) is 56.2 Å². The van der Waals surface area contributed by atoms with Crippen LogP contribution in [0.1, 0.15) is 22.6 Å². The summed E-state index contributed by atoms with van der Waals surface area (Å²) >= 11 is 0. The van der Waals surface area contributed by atoms with Crippen LogP contribution in [0.3, 0.4) is 0 Å². The predicted octanol–water partition coefficient (Wildman–Crippen LogP) is 3.93. The highest BCUT2D eigenvalue weighted by molar-refractivity contribution is 7.89. The Kier molecular flexibility index (Phi) is 5.43. The number of nitrogens with zero attached hydrogens (tertiary/aromatic N) is 1. The van der Waals surface area contributed by atoms with E-state index in [9.17, 15) is 12.8 Å². The van der Waals surface area contributed by atoms with E-state index in [1.54, 1.807) is 43.3 Å². The van der Waals surface area contributed by atoms with E-state index in [-0.39, 0.29) is 22.9 Å². The van der Waals surface area contributed by atoms with Crippen molar-refractivity contribution in [3.05, 3.63) is 70.9 Å².